The molecule has 0 unspecified atom stereocenters. The molecule has 172 valence electrons. The standard InChI is InChI=1S/C21H30FN9O/c1-4-8-26-19-17(12-28-21(30-19)29-16-7-5-6-15(22)11-16)18(31-23)13-25-9-10-27-20(32)14(2)24-3/h5-7,11-14,24H,4,8-10,23H2,1-3H3,(H,27,32)(H2,26,28,29,30)/t14-/m0/s1. The zero-order valence-corrected chi connectivity index (χ0v) is 18.5. The number of carbonyl (C=O) groups excluding carboxylic acids is 1. The van der Waals surface area contributed by atoms with Crippen molar-refractivity contribution in [2.24, 2.45) is 15.9 Å². The number of aromatic nitrogens is 2. The first-order chi connectivity index (χ1) is 15.5. The Bertz CT molecular complexity index is 949. The number of nitrogens with zero attached hydrogens (tertiary/aromatic N) is 4. The van der Waals surface area contributed by atoms with Gasteiger partial charge in [0, 0.05) is 31.2 Å². The molecule has 0 aliphatic heterocycles. The third kappa shape index (κ3) is 7.58. The van der Waals surface area contributed by atoms with Gasteiger partial charge in [0.1, 0.15) is 17.3 Å². The van der Waals surface area contributed by atoms with Crippen molar-refractivity contribution in [3.8, 4) is 0 Å². The van der Waals surface area contributed by atoms with Crippen LogP contribution < -0.4 is 27.1 Å². The Balaban J connectivity index is 2.11. The summed E-state index contributed by atoms with van der Waals surface area (Å²) in [5.74, 6) is 5.94. The lowest BCUT2D eigenvalue weighted by molar-refractivity contribution is -0.122. The van der Waals surface area contributed by atoms with Crippen LogP contribution in [0.25, 0.3) is 0 Å². The Morgan fingerprint density at radius 2 is 2.16 bits per heavy atom. The van der Waals surface area contributed by atoms with E-state index in [1.807, 2.05) is 6.92 Å². The van der Waals surface area contributed by atoms with E-state index in [4.69, 9.17) is 5.84 Å². The molecule has 1 amide bonds. The van der Waals surface area contributed by atoms with Crippen LogP contribution >= 0.6 is 0 Å². The van der Waals surface area contributed by atoms with Crippen molar-refractivity contribution in [2.45, 2.75) is 26.3 Å². The Morgan fingerprint density at radius 1 is 1.34 bits per heavy atom. The Kier molecular flexibility index (Phi) is 9.98. The van der Waals surface area contributed by atoms with E-state index >= 15 is 0 Å². The number of rotatable bonds is 12. The van der Waals surface area contributed by atoms with Gasteiger partial charge in [-0.25, -0.2) is 9.37 Å². The van der Waals surface area contributed by atoms with Gasteiger partial charge in [-0.3, -0.25) is 9.79 Å². The quantitative estimate of drug-likeness (QED) is 0.145. The van der Waals surface area contributed by atoms with Gasteiger partial charge in [0.15, 0.2) is 0 Å². The van der Waals surface area contributed by atoms with Crippen molar-refractivity contribution in [2.75, 3.05) is 37.3 Å². The predicted molar refractivity (Wildman–Crippen MR) is 126 cm³/mol. The van der Waals surface area contributed by atoms with Gasteiger partial charge in [-0.05, 0) is 38.6 Å². The fourth-order valence-corrected chi connectivity index (χ4v) is 2.55. The van der Waals surface area contributed by atoms with Crippen molar-refractivity contribution in [1.82, 2.24) is 20.6 Å². The highest BCUT2D eigenvalue weighted by Crippen LogP contribution is 2.19. The molecule has 0 aliphatic rings. The molecule has 1 aromatic carbocycles. The lowest BCUT2D eigenvalue weighted by Crippen LogP contribution is -2.41. The van der Waals surface area contributed by atoms with Gasteiger partial charge in [-0.15, -0.1) is 0 Å². The van der Waals surface area contributed by atoms with Crippen molar-refractivity contribution in [1.29, 1.82) is 0 Å². The number of halogens is 1. The molecule has 0 fully saturated rings. The van der Waals surface area contributed by atoms with Crippen molar-refractivity contribution in [3.05, 3.63) is 41.8 Å². The molecule has 0 radical (unpaired) electrons. The molecular weight excluding hydrogens is 413 g/mol. The first kappa shape index (κ1) is 24.7. The van der Waals surface area contributed by atoms with E-state index in [9.17, 15) is 9.18 Å². The SMILES string of the molecule is CCCNc1nc(Nc2cccc(F)c2)ncc1C(C=NCCNC(=O)[C@H](C)NC)=NN. The van der Waals surface area contributed by atoms with Gasteiger partial charge in [0.2, 0.25) is 11.9 Å². The van der Waals surface area contributed by atoms with Gasteiger partial charge in [0.05, 0.1) is 18.2 Å². The maximum Gasteiger partial charge on any atom is 0.236 e. The lowest BCUT2D eigenvalue weighted by atomic mass is 10.2. The highest BCUT2D eigenvalue weighted by atomic mass is 19.1. The summed E-state index contributed by atoms with van der Waals surface area (Å²) in [5.41, 5.74) is 1.49. The first-order valence-electron chi connectivity index (χ1n) is 10.3. The number of hydrogen-bond donors (Lipinski definition) is 5. The van der Waals surface area contributed by atoms with Gasteiger partial charge in [0.25, 0.3) is 0 Å². The molecule has 0 saturated carbocycles. The summed E-state index contributed by atoms with van der Waals surface area (Å²) < 4.78 is 13.4. The van der Waals surface area contributed by atoms with Crippen molar-refractivity contribution >= 4 is 35.3 Å². The number of nitrogens with one attached hydrogen (secondary N) is 4. The fraction of sp³-hybridized carbons (Fsp3) is 0.381. The van der Waals surface area contributed by atoms with E-state index in [-0.39, 0.29) is 17.8 Å². The van der Waals surface area contributed by atoms with Gasteiger partial charge < -0.3 is 27.1 Å². The minimum absolute atomic E-state index is 0.101. The van der Waals surface area contributed by atoms with E-state index in [1.165, 1.54) is 18.3 Å². The van der Waals surface area contributed by atoms with Crippen LogP contribution in [0.2, 0.25) is 0 Å². The number of carbonyl (C=O) groups is 1. The molecule has 2 aromatic rings. The summed E-state index contributed by atoms with van der Waals surface area (Å²) in [5, 5.41) is 15.7. The van der Waals surface area contributed by atoms with Crippen LogP contribution in [0.3, 0.4) is 0 Å². The summed E-state index contributed by atoms with van der Waals surface area (Å²) in [6.07, 6.45) is 3.97. The van der Waals surface area contributed by atoms with Crippen LogP contribution in [0.1, 0.15) is 25.8 Å². The molecule has 2 rings (SSSR count). The van der Waals surface area contributed by atoms with E-state index in [2.05, 4.69) is 41.3 Å². The minimum atomic E-state index is -0.360. The average Bonchev–Trinajstić information content (AvgIpc) is 2.79. The summed E-state index contributed by atoms with van der Waals surface area (Å²) in [4.78, 5) is 24.8. The second-order valence-electron chi connectivity index (χ2n) is 6.87. The Morgan fingerprint density at radius 3 is 2.84 bits per heavy atom. The molecular formula is C21H30FN9O. The number of anilines is 3. The second kappa shape index (κ2) is 13.0. The number of hydrazone groups is 1. The molecule has 1 atom stereocenters. The summed E-state index contributed by atoms with van der Waals surface area (Å²) in [6.45, 7) is 5.22. The number of benzene rings is 1. The number of likely N-dealkylation sites (N-methyl/N-ethyl adjacent to an activating group) is 1. The third-order valence-corrected chi connectivity index (χ3v) is 4.41. The van der Waals surface area contributed by atoms with Gasteiger partial charge >= 0.3 is 0 Å². The smallest absolute Gasteiger partial charge is 0.236 e. The Hall–Kier alpha value is -3.60. The highest BCUT2D eigenvalue weighted by molar-refractivity contribution is 6.39. The monoisotopic (exact) mass is 443 g/mol. The first-order valence-corrected chi connectivity index (χ1v) is 10.3. The van der Waals surface area contributed by atoms with E-state index in [0.717, 1.165) is 6.42 Å². The van der Waals surface area contributed by atoms with E-state index < -0.39 is 0 Å². The molecule has 11 heteroatoms. The summed E-state index contributed by atoms with van der Waals surface area (Å²) in [7, 11) is 1.72. The van der Waals surface area contributed by atoms with Crippen LogP contribution in [0.15, 0.2) is 40.6 Å². The van der Waals surface area contributed by atoms with E-state index in [0.29, 0.717) is 48.4 Å². The molecule has 0 bridgehead atoms. The number of aliphatic imine (C=N–C) groups is 1. The molecule has 1 heterocycles. The number of amides is 1. The second-order valence-corrected chi connectivity index (χ2v) is 6.87. The number of hydrogen-bond acceptors (Lipinski definition) is 9. The fourth-order valence-electron chi connectivity index (χ4n) is 2.55. The maximum absolute atomic E-state index is 13.4. The molecule has 0 spiro atoms. The van der Waals surface area contributed by atoms with Crippen LogP contribution in [-0.2, 0) is 4.79 Å². The topological polar surface area (TPSA) is 142 Å². The van der Waals surface area contributed by atoms with Crippen LogP contribution in [0, 0.1) is 5.82 Å². The van der Waals surface area contributed by atoms with Crippen molar-refractivity contribution in [3.63, 3.8) is 0 Å². The summed E-state index contributed by atoms with van der Waals surface area (Å²) >= 11 is 0. The zero-order valence-electron chi connectivity index (χ0n) is 18.5. The third-order valence-electron chi connectivity index (χ3n) is 4.41. The largest absolute Gasteiger partial charge is 0.369 e. The molecule has 0 aliphatic carbocycles. The molecule has 6 N–H and O–H groups in total. The van der Waals surface area contributed by atoms with Crippen LogP contribution in [0.4, 0.5) is 21.8 Å². The molecule has 1 aromatic heterocycles. The molecule has 0 saturated heterocycles. The normalized spacial score (nSPS) is 12.6. The highest BCUT2D eigenvalue weighted by Gasteiger charge is 2.13. The predicted octanol–water partition coefficient (Wildman–Crippen LogP) is 1.64. The maximum atomic E-state index is 13.4. The average molecular weight is 444 g/mol. The van der Waals surface area contributed by atoms with Crippen molar-refractivity contribution < 1.29 is 9.18 Å². The molecule has 10 nitrogen and oxygen atoms in total. The van der Waals surface area contributed by atoms with Gasteiger partial charge in [-0.2, -0.15) is 10.1 Å². The Labute approximate surface area is 187 Å². The lowest BCUT2D eigenvalue weighted by Gasteiger charge is -2.12. The zero-order chi connectivity index (χ0) is 23.3. The van der Waals surface area contributed by atoms with E-state index in [1.54, 1.807) is 32.3 Å². The minimum Gasteiger partial charge on any atom is -0.369 e. The van der Waals surface area contributed by atoms with Crippen LogP contribution in [0.5, 0.6) is 0 Å². The molecule has 32 heavy (non-hydrogen) atoms. The summed E-state index contributed by atoms with van der Waals surface area (Å²) in [6, 6.07) is 5.75. The van der Waals surface area contributed by atoms with Gasteiger partial charge in [-0.1, -0.05) is 13.0 Å². The van der Waals surface area contributed by atoms with Crippen LogP contribution in [-0.4, -0.2) is 60.5 Å². The number of nitrogens with two attached hydrogens (primary N) is 1.